The number of Topliss-reactive ketones (excluding diaryl/α,β-unsaturated/α-hetero) is 1. The van der Waals surface area contributed by atoms with Gasteiger partial charge >= 0.3 is 0 Å². The highest BCUT2D eigenvalue weighted by Crippen LogP contribution is 2.10. The summed E-state index contributed by atoms with van der Waals surface area (Å²) in [6.07, 6.45) is 0.494. The van der Waals surface area contributed by atoms with Gasteiger partial charge in [0.2, 0.25) is 5.91 Å². The van der Waals surface area contributed by atoms with Gasteiger partial charge in [0.05, 0.1) is 6.54 Å². The van der Waals surface area contributed by atoms with Crippen LogP contribution < -0.4 is 11.1 Å². The quantitative estimate of drug-likeness (QED) is 0.710. The number of hydrogen-bond acceptors (Lipinski definition) is 3. The molecule has 0 bridgehead atoms. The lowest BCUT2D eigenvalue weighted by Gasteiger charge is -2.04. The van der Waals surface area contributed by atoms with Gasteiger partial charge in [0.25, 0.3) is 0 Å². The van der Waals surface area contributed by atoms with Gasteiger partial charge < -0.3 is 11.1 Å². The van der Waals surface area contributed by atoms with Crippen molar-refractivity contribution in [3.8, 4) is 0 Å². The molecule has 0 spiro atoms. The number of hydrogen-bond donors (Lipinski definition) is 2. The molecule has 0 aromatic heterocycles. The average molecular weight is 206 g/mol. The van der Waals surface area contributed by atoms with E-state index < -0.39 is 5.91 Å². The van der Waals surface area contributed by atoms with E-state index in [4.69, 9.17) is 5.73 Å². The zero-order valence-electron chi connectivity index (χ0n) is 8.62. The second kappa shape index (κ2) is 5.14. The number of amides is 1. The Morgan fingerprint density at radius 1 is 1.27 bits per heavy atom. The van der Waals surface area contributed by atoms with Crippen LogP contribution in [0.3, 0.4) is 0 Å². The van der Waals surface area contributed by atoms with E-state index in [0.29, 0.717) is 12.0 Å². The van der Waals surface area contributed by atoms with Gasteiger partial charge in [-0.25, -0.2) is 0 Å². The number of nitrogens with one attached hydrogen (secondary N) is 1. The maximum absolute atomic E-state index is 11.3. The lowest BCUT2D eigenvalue weighted by atomic mass is 10.1. The first-order valence-electron chi connectivity index (χ1n) is 4.79. The monoisotopic (exact) mass is 206 g/mol. The summed E-state index contributed by atoms with van der Waals surface area (Å²) in [5, 5.41) is 2.84. The van der Waals surface area contributed by atoms with Crippen molar-refractivity contribution in [2.45, 2.75) is 13.3 Å². The Morgan fingerprint density at radius 2 is 1.87 bits per heavy atom. The Bertz CT molecular complexity index is 357. The number of nitrogens with two attached hydrogens (primary N) is 1. The molecule has 0 radical (unpaired) electrons. The van der Waals surface area contributed by atoms with Crippen LogP contribution in [0.15, 0.2) is 24.3 Å². The van der Waals surface area contributed by atoms with Crippen molar-refractivity contribution in [3.05, 3.63) is 29.8 Å². The van der Waals surface area contributed by atoms with Crippen molar-refractivity contribution in [3.63, 3.8) is 0 Å². The van der Waals surface area contributed by atoms with Crippen molar-refractivity contribution >= 4 is 17.4 Å². The number of primary amides is 1. The SMILES string of the molecule is CCC(=O)c1ccc(NCC(N)=O)cc1. The predicted octanol–water partition coefficient (Wildman–Crippen LogP) is 1.18. The summed E-state index contributed by atoms with van der Waals surface area (Å²) in [6, 6.07) is 6.97. The van der Waals surface area contributed by atoms with E-state index in [-0.39, 0.29) is 12.3 Å². The molecule has 4 nitrogen and oxygen atoms in total. The Kier molecular flexibility index (Phi) is 3.85. The predicted molar refractivity (Wildman–Crippen MR) is 58.7 cm³/mol. The number of benzene rings is 1. The molecular formula is C11H14N2O2. The first-order chi connectivity index (χ1) is 7.13. The molecule has 0 fully saturated rings. The van der Waals surface area contributed by atoms with Crippen molar-refractivity contribution < 1.29 is 9.59 Å². The molecule has 0 atom stereocenters. The fourth-order valence-electron chi connectivity index (χ4n) is 1.17. The molecule has 1 aromatic carbocycles. The smallest absolute Gasteiger partial charge is 0.236 e. The summed E-state index contributed by atoms with van der Waals surface area (Å²) in [4.78, 5) is 21.8. The molecule has 4 heteroatoms. The van der Waals surface area contributed by atoms with Crippen LogP contribution in [0.25, 0.3) is 0 Å². The molecule has 3 N–H and O–H groups in total. The lowest BCUT2D eigenvalue weighted by Crippen LogP contribution is -2.21. The van der Waals surface area contributed by atoms with Crippen molar-refractivity contribution in [2.24, 2.45) is 5.73 Å². The molecule has 0 saturated heterocycles. The standard InChI is InChI=1S/C11H14N2O2/c1-2-10(14)8-3-5-9(6-4-8)13-7-11(12)15/h3-6,13H,2,7H2,1H3,(H2,12,15). The summed E-state index contributed by atoms with van der Waals surface area (Å²) >= 11 is 0. The second-order valence-corrected chi connectivity index (χ2v) is 3.17. The Hall–Kier alpha value is -1.84. The maximum Gasteiger partial charge on any atom is 0.236 e. The molecule has 0 heterocycles. The third-order valence-corrected chi connectivity index (χ3v) is 1.99. The zero-order chi connectivity index (χ0) is 11.3. The molecule has 15 heavy (non-hydrogen) atoms. The fraction of sp³-hybridized carbons (Fsp3) is 0.273. The van der Waals surface area contributed by atoms with Gasteiger partial charge in [0, 0.05) is 17.7 Å². The van der Waals surface area contributed by atoms with Crippen LogP contribution >= 0.6 is 0 Å². The van der Waals surface area contributed by atoms with Gasteiger partial charge in [-0.1, -0.05) is 6.92 Å². The minimum absolute atomic E-state index is 0.0983. The highest BCUT2D eigenvalue weighted by atomic mass is 16.1. The number of carbonyl (C=O) groups excluding carboxylic acids is 2. The van der Waals surface area contributed by atoms with Crippen molar-refractivity contribution in [1.82, 2.24) is 0 Å². The van der Waals surface area contributed by atoms with E-state index in [1.54, 1.807) is 24.3 Å². The third-order valence-electron chi connectivity index (χ3n) is 1.99. The largest absolute Gasteiger partial charge is 0.376 e. The minimum Gasteiger partial charge on any atom is -0.376 e. The number of carbonyl (C=O) groups is 2. The summed E-state index contributed by atoms with van der Waals surface area (Å²) in [5.41, 5.74) is 6.45. The van der Waals surface area contributed by atoms with Crippen LogP contribution in [-0.2, 0) is 4.79 Å². The Balaban J connectivity index is 2.64. The maximum atomic E-state index is 11.3. The molecule has 1 amide bonds. The molecule has 1 rings (SSSR count). The van der Waals surface area contributed by atoms with Gasteiger partial charge in [-0.3, -0.25) is 9.59 Å². The molecule has 0 aliphatic rings. The van der Waals surface area contributed by atoms with E-state index in [0.717, 1.165) is 5.69 Å². The first-order valence-corrected chi connectivity index (χ1v) is 4.79. The molecule has 0 unspecified atom stereocenters. The van der Waals surface area contributed by atoms with E-state index in [2.05, 4.69) is 5.32 Å². The Labute approximate surface area is 88.5 Å². The molecule has 0 aliphatic heterocycles. The van der Waals surface area contributed by atoms with Gasteiger partial charge in [-0.2, -0.15) is 0 Å². The van der Waals surface area contributed by atoms with Crippen LogP contribution in [-0.4, -0.2) is 18.2 Å². The van der Waals surface area contributed by atoms with Crippen LogP contribution in [0.4, 0.5) is 5.69 Å². The van der Waals surface area contributed by atoms with Gasteiger partial charge in [0.1, 0.15) is 0 Å². The van der Waals surface area contributed by atoms with Crippen molar-refractivity contribution in [1.29, 1.82) is 0 Å². The fourth-order valence-corrected chi connectivity index (χ4v) is 1.17. The van der Waals surface area contributed by atoms with Crippen molar-refractivity contribution in [2.75, 3.05) is 11.9 Å². The van der Waals surface area contributed by atoms with Gasteiger partial charge in [-0.15, -0.1) is 0 Å². The van der Waals surface area contributed by atoms with E-state index in [1.165, 1.54) is 0 Å². The number of ketones is 1. The number of rotatable bonds is 5. The molecule has 0 aliphatic carbocycles. The number of anilines is 1. The summed E-state index contributed by atoms with van der Waals surface area (Å²) < 4.78 is 0. The van der Waals surface area contributed by atoms with Crippen LogP contribution in [0.5, 0.6) is 0 Å². The molecule has 80 valence electrons. The van der Waals surface area contributed by atoms with Crippen LogP contribution in [0.2, 0.25) is 0 Å². The Morgan fingerprint density at radius 3 is 2.33 bits per heavy atom. The summed E-state index contributed by atoms with van der Waals surface area (Å²) in [7, 11) is 0. The second-order valence-electron chi connectivity index (χ2n) is 3.17. The highest BCUT2D eigenvalue weighted by Gasteiger charge is 2.02. The highest BCUT2D eigenvalue weighted by molar-refractivity contribution is 5.96. The van der Waals surface area contributed by atoms with E-state index in [1.807, 2.05) is 6.92 Å². The first kappa shape index (κ1) is 11.2. The molecular weight excluding hydrogens is 192 g/mol. The van der Waals surface area contributed by atoms with E-state index in [9.17, 15) is 9.59 Å². The lowest BCUT2D eigenvalue weighted by molar-refractivity contribution is -0.116. The third kappa shape index (κ3) is 3.42. The molecule has 0 saturated carbocycles. The zero-order valence-corrected chi connectivity index (χ0v) is 8.62. The minimum atomic E-state index is -0.413. The summed E-state index contributed by atoms with van der Waals surface area (Å²) in [5.74, 6) is -0.305. The average Bonchev–Trinajstić information content (AvgIpc) is 2.26. The van der Waals surface area contributed by atoms with E-state index >= 15 is 0 Å². The van der Waals surface area contributed by atoms with Crippen LogP contribution in [0, 0.1) is 0 Å². The normalized spacial score (nSPS) is 9.67. The van der Waals surface area contributed by atoms with Gasteiger partial charge in [0.15, 0.2) is 5.78 Å². The molecule has 1 aromatic rings. The summed E-state index contributed by atoms with van der Waals surface area (Å²) in [6.45, 7) is 1.92. The van der Waals surface area contributed by atoms with Gasteiger partial charge in [-0.05, 0) is 24.3 Å². The topological polar surface area (TPSA) is 72.2 Å². The van der Waals surface area contributed by atoms with Crippen LogP contribution in [0.1, 0.15) is 23.7 Å².